The molecular formula is C15H17ClN2O2S2. The van der Waals surface area contributed by atoms with Crippen molar-refractivity contribution in [2.45, 2.75) is 17.8 Å². The molecule has 2 rings (SSSR count). The van der Waals surface area contributed by atoms with Crippen molar-refractivity contribution >= 4 is 35.1 Å². The lowest BCUT2D eigenvalue weighted by atomic mass is 10.3. The van der Waals surface area contributed by atoms with Crippen molar-refractivity contribution in [3.8, 4) is 5.75 Å². The maximum absolute atomic E-state index is 11.6. The number of H-pyrrole nitrogens is 1. The van der Waals surface area contributed by atoms with E-state index >= 15 is 0 Å². The molecule has 1 aromatic heterocycles. The Kier molecular flexibility index (Phi) is 7.15. The van der Waals surface area contributed by atoms with Crippen LogP contribution in [0.15, 0.2) is 40.3 Å². The van der Waals surface area contributed by atoms with Gasteiger partial charge in [-0.25, -0.2) is 4.98 Å². The van der Waals surface area contributed by atoms with E-state index in [0.717, 1.165) is 22.9 Å². The Bertz CT molecular complexity index is 647. The van der Waals surface area contributed by atoms with Crippen molar-refractivity contribution in [3.05, 3.63) is 51.4 Å². The van der Waals surface area contributed by atoms with Crippen LogP contribution < -0.4 is 10.3 Å². The van der Waals surface area contributed by atoms with E-state index in [9.17, 15) is 4.79 Å². The van der Waals surface area contributed by atoms with Gasteiger partial charge in [-0.15, -0.1) is 0 Å². The number of nitrogens with zero attached hydrogens (tertiary/aromatic N) is 1. The molecule has 2 aromatic rings. The summed E-state index contributed by atoms with van der Waals surface area (Å²) in [5.41, 5.74) is 0.708. The van der Waals surface area contributed by atoms with Crippen molar-refractivity contribution in [1.29, 1.82) is 0 Å². The SMILES string of the molecule is CCSCc1cc(=O)[nH]c(SCCOc2ccc(Cl)cc2)n1. The number of rotatable bonds is 8. The lowest BCUT2D eigenvalue weighted by Gasteiger charge is -2.06. The van der Waals surface area contributed by atoms with E-state index < -0.39 is 0 Å². The molecule has 22 heavy (non-hydrogen) atoms. The fourth-order valence-corrected chi connectivity index (χ4v) is 3.06. The lowest BCUT2D eigenvalue weighted by Crippen LogP contribution is -2.10. The van der Waals surface area contributed by atoms with Crippen LogP contribution >= 0.6 is 35.1 Å². The largest absolute Gasteiger partial charge is 0.493 e. The molecule has 0 radical (unpaired) electrons. The highest BCUT2D eigenvalue weighted by atomic mass is 35.5. The van der Waals surface area contributed by atoms with E-state index in [-0.39, 0.29) is 5.56 Å². The number of nitrogens with one attached hydrogen (secondary N) is 1. The highest BCUT2D eigenvalue weighted by molar-refractivity contribution is 7.99. The predicted octanol–water partition coefficient (Wildman–Crippen LogP) is 3.85. The molecule has 0 aliphatic rings. The summed E-state index contributed by atoms with van der Waals surface area (Å²) in [4.78, 5) is 18.8. The van der Waals surface area contributed by atoms with Crippen LogP contribution in [0, 0.1) is 0 Å². The maximum atomic E-state index is 11.6. The minimum atomic E-state index is -0.108. The summed E-state index contributed by atoms with van der Waals surface area (Å²) in [5.74, 6) is 3.25. The third-order valence-corrected chi connectivity index (χ3v) is 4.63. The number of ether oxygens (including phenoxy) is 1. The monoisotopic (exact) mass is 356 g/mol. The molecule has 118 valence electrons. The van der Waals surface area contributed by atoms with Crippen LogP contribution in [0.4, 0.5) is 0 Å². The van der Waals surface area contributed by atoms with Crippen LogP contribution in [0.1, 0.15) is 12.6 Å². The van der Waals surface area contributed by atoms with Gasteiger partial charge >= 0.3 is 0 Å². The van der Waals surface area contributed by atoms with Gasteiger partial charge in [-0.3, -0.25) is 4.79 Å². The van der Waals surface area contributed by atoms with Crippen molar-refractivity contribution in [1.82, 2.24) is 9.97 Å². The van der Waals surface area contributed by atoms with E-state index in [1.165, 1.54) is 11.8 Å². The van der Waals surface area contributed by atoms with E-state index in [1.54, 1.807) is 30.0 Å². The first-order valence-electron chi connectivity index (χ1n) is 6.86. The summed E-state index contributed by atoms with van der Waals surface area (Å²) >= 11 is 9.04. The average molecular weight is 357 g/mol. The number of benzene rings is 1. The van der Waals surface area contributed by atoms with E-state index in [4.69, 9.17) is 16.3 Å². The molecule has 0 aliphatic heterocycles. The molecule has 0 unspecified atom stereocenters. The molecule has 0 saturated carbocycles. The van der Waals surface area contributed by atoms with Gasteiger partial charge < -0.3 is 9.72 Å². The molecule has 4 nitrogen and oxygen atoms in total. The molecule has 0 fully saturated rings. The molecule has 0 amide bonds. The first-order valence-corrected chi connectivity index (χ1v) is 9.38. The number of hydrogen-bond acceptors (Lipinski definition) is 5. The number of aromatic nitrogens is 2. The van der Waals surface area contributed by atoms with Crippen molar-refractivity contribution in [2.24, 2.45) is 0 Å². The van der Waals surface area contributed by atoms with Crippen LogP contribution in [0.2, 0.25) is 5.02 Å². The zero-order valence-electron chi connectivity index (χ0n) is 12.2. The van der Waals surface area contributed by atoms with E-state index in [0.29, 0.717) is 22.5 Å². The molecule has 0 bridgehead atoms. The van der Waals surface area contributed by atoms with Gasteiger partial charge in [0.1, 0.15) is 5.75 Å². The minimum absolute atomic E-state index is 0.108. The van der Waals surface area contributed by atoms with Gasteiger partial charge in [0, 0.05) is 22.6 Å². The average Bonchev–Trinajstić information content (AvgIpc) is 2.51. The Labute approximate surface area is 143 Å². The summed E-state index contributed by atoms with van der Waals surface area (Å²) in [5, 5.41) is 1.32. The standard InChI is InChI=1S/C15H17ClN2O2S2/c1-2-21-10-12-9-14(19)18-15(17-12)22-8-7-20-13-5-3-11(16)4-6-13/h3-6,9H,2,7-8,10H2,1H3,(H,17,18,19). The third-order valence-electron chi connectivity index (χ3n) is 2.63. The van der Waals surface area contributed by atoms with Gasteiger partial charge in [-0.2, -0.15) is 11.8 Å². The highest BCUT2D eigenvalue weighted by Gasteiger charge is 2.03. The van der Waals surface area contributed by atoms with Crippen LogP contribution in [0.5, 0.6) is 5.75 Å². The van der Waals surface area contributed by atoms with Crippen molar-refractivity contribution in [3.63, 3.8) is 0 Å². The van der Waals surface area contributed by atoms with Gasteiger partial charge in [-0.1, -0.05) is 30.3 Å². The van der Waals surface area contributed by atoms with Crippen molar-refractivity contribution in [2.75, 3.05) is 18.1 Å². The number of halogens is 1. The zero-order valence-corrected chi connectivity index (χ0v) is 14.6. The molecule has 1 heterocycles. The van der Waals surface area contributed by atoms with Gasteiger partial charge in [0.25, 0.3) is 5.56 Å². The van der Waals surface area contributed by atoms with Crippen LogP contribution in [0.25, 0.3) is 0 Å². The van der Waals surface area contributed by atoms with Gasteiger partial charge in [0.15, 0.2) is 5.16 Å². The third kappa shape index (κ3) is 5.94. The highest BCUT2D eigenvalue weighted by Crippen LogP contribution is 2.17. The topological polar surface area (TPSA) is 55.0 Å². The predicted molar refractivity (Wildman–Crippen MR) is 94.4 cm³/mol. The van der Waals surface area contributed by atoms with Crippen LogP contribution in [0.3, 0.4) is 0 Å². The second kappa shape index (κ2) is 9.12. The normalized spacial score (nSPS) is 10.6. The molecule has 7 heteroatoms. The zero-order chi connectivity index (χ0) is 15.8. The summed E-state index contributed by atoms with van der Waals surface area (Å²) in [6, 6.07) is 8.79. The quantitative estimate of drug-likeness (QED) is 0.442. The first-order chi connectivity index (χ1) is 10.7. The Morgan fingerprint density at radius 1 is 1.32 bits per heavy atom. The van der Waals surface area contributed by atoms with Crippen molar-refractivity contribution < 1.29 is 4.74 Å². The Hall–Kier alpha value is -1.11. The van der Waals surface area contributed by atoms with Gasteiger partial charge in [-0.05, 0) is 30.0 Å². The van der Waals surface area contributed by atoms with E-state index in [1.807, 2.05) is 12.1 Å². The Morgan fingerprint density at radius 3 is 2.82 bits per heavy atom. The van der Waals surface area contributed by atoms with Crippen LogP contribution in [-0.2, 0) is 5.75 Å². The van der Waals surface area contributed by atoms with Gasteiger partial charge in [0.05, 0.1) is 12.3 Å². The van der Waals surface area contributed by atoms with Gasteiger partial charge in [0.2, 0.25) is 0 Å². The Balaban J connectivity index is 1.82. The fraction of sp³-hybridized carbons (Fsp3) is 0.333. The number of aromatic amines is 1. The second-order valence-electron chi connectivity index (χ2n) is 4.33. The smallest absolute Gasteiger partial charge is 0.251 e. The second-order valence-corrected chi connectivity index (χ2v) is 7.12. The molecular weight excluding hydrogens is 340 g/mol. The summed E-state index contributed by atoms with van der Waals surface area (Å²) in [6.07, 6.45) is 0. The maximum Gasteiger partial charge on any atom is 0.251 e. The molecule has 1 aromatic carbocycles. The first kappa shape index (κ1) is 17.2. The van der Waals surface area contributed by atoms with E-state index in [2.05, 4.69) is 16.9 Å². The fourth-order valence-electron chi connectivity index (χ4n) is 1.66. The summed E-state index contributed by atoms with van der Waals surface area (Å²) < 4.78 is 5.60. The molecule has 0 spiro atoms. The number of thioether (sulfide) groups is 2. The molecule has 0 aliphatic carbocycles. The molecule has 1 N–H and O–H groups in total. The minimum Gasteiger partial charge on any atom is -0.493 e. The lowest BCUT2D eigenvalue weighted by molar-refractivity contribution is 0.344. The summed E-state index contributed by atoms with van der Waals surface area (Å²) in [7, 11) is 0. The Morgan fingerprint density at radius 2 is 2.09 bits per heavy atom. The number of hydrogen-bond donors (Lipinski definition) is 1. The molecule has 0 saturated heterocycles. The molecule has 0 atom stereocenters. The van der Waals surface area contributed by atoms with Crippen LogP contribution in [-0.4, -0.2) is 28.1 Å². The summed E-state index contributed by atoms with van der Waals surface area (Å²) in [6.45, 7) is 2.62.